The van der Waals surface area contributed by atoms with Crippen molar-refractivity contribution >= 4 is 34.0 Å². The van der Waals surface area contributed by atoms with Gasteiger partial charge in [0.2, 0.25) is 11.8 Å². The average molecular weight is 499 g/mol. The monoisotopic (exact) mass is 498 g/mol. The minimum absolute atomic E-state index is 0.295. The highest BCUT2D eigenvalue weighted by Crippen LogP contribution is 2.22. The first-order valence-corrected chi connectivity index (χ1v) is 12.1. The van der Waals surface area contributed by atoms with E-state index in [4.69, 9.17) is 8.83 Å². The van der Waals surface area contributed by atoms with Gasteiger partial charge in [0.1, 0.15) is 0 Å². The van der Waals surface area contributed by atoms with Gasteiger partial charge in [0.25, 0.3) is 0 Å². The van der Waals surface area contributed by atoms with Crippen LogP contribution in [0.15, 0.2) is 103 Å². The Hall–Kier alpha value is -5.10. The van der Waals surface area contributed by atoms with Gasteiger partial charge in [-0.15, -0.1) is 0 Å². The van der Waals surface area contributed by atoms with Crippen LogP contribution >= 0.6 is 0 Å². The third-order valence-corrected chi connectivity index (χ3v) is 6.35. The van der Waals surface area contributed by atoms with Crippen LogP contribution < -0.4 is 11.3 Å². The van der Waals surface area contributed by atoms with E-state index in [0.29, 0.717) is 33.6 Å². The van der Waals surface area contributed by atoms with Crippen LogP contribution in [0.3, 0.4) is 0 Å². The van der Waals surface area contributed by atoms with Crippen LogP contribution in [0.4, 0.5) is 0 Å². The number of benzene rings is 4. The van der Waals surface area contributed by atoms with Gasteiger partial charge in [-0.3, -0.25) is 0 Å². The van der Waals surface area contributed by atoms with Crippen LogP contribution in [0, 0.1) is 13.8 Å². The molecule has 0 atom stereocenters. The zero-order valence-corrected chi connectivity index (χ0v) is 20.8. The maximum absolute atomic E-state index is 12.4. The predicted molar refractivity (Wildman–Crippen MR) is 150 cm³/mol. The lowest BCUT2D eigenvalue weighted by atomic mass is 10.1. The molecule has 184 valence electrons. The number of nitrogens with zero attached hydrogens (tertiary/aromatic N) is 2. The summed E-state index contributed by atoms with van der Waals surface area (Å²) in [6, 6.07) is 26.3. The molecule has 4 aromatic carbocycles. The Balaban J connectivity index is 1.22. The predicted octanol–water partition coefficient (Wildman–Crippen LogP) is 6.81. The number of aromatic nitrogens is 2. The summed E-state index contributed by atoms with van der Waals surface area (Å²) in [7, 11) is 0. The van der Waals surface area contributed by atoms with Gasteiger partial charge in [-0.25, -0.2) is 19.6 Å². The van der Waals surface area contributed by atoms with Crippen molar-refractivity contribution in [2.75, 3.05) is 0 Å². The number of fused-ring (bicyclic) bond motifs is 2. The molecule has 0 unspecified atom stereocenters. The molecule has 6 aromatic rings. The molecule has 0 saturated carbocycles. The van der Waals surface area contributed by atoms with E-state index < -0.39 is 11.3 Å². The van der Waals surface area contributed by atoms with Crippen LogP contribution in [-0.4, -0.2) is 9.97 Å². The first kappa shape index (κ1) is 23.3. The van der Waals surface area contributed by atoms with E-state index in [2.05, 4.69) is 9.97 Å². The molecule has 6 rings (SSSR count). The highest BCUT2D eigenvalue weighted by molar-refractivity contribution is 5.80. The first-order valence-electron chi connectivity index (χ1n) is 12.1. The summed E-state index contributed by atoms with van der Waals surface area (Å²) in [4.78, 5) is 33.8. The summed E-state index contributed by atoms with van der Waals surface area (Å²) in [6.07, 6.45) is 3.98. The Bertz CT molecular complexity index is 1820. The topological polar surface area (TPSA) is 86.2 Å². The Morgan fingerprint density at radius 1 is 0.553 bits per heavy atom. The van der Waals surface area contributed by atoms with Crippen molar-refractivity contribution in [3.8, 4) is 22.9 Å². The lowest BCUT2D eigenvalue weighted by Crippen LogP contribution is -2.03. The molecule has 0 saturated heterocycles. The van der Waals surface area contributed by atoms with E-state index in [-0.39, 0.29) is 0 Å². The van der Waals surface area contributed by atoms with E-state index >= 15 is 0 Å². The van der Waals surface area contributed by atoms with Crippen LogP contribution in [0.1, 0.15) is 22.3 Å². The van der Waals surface area contributed by atoms with Gasteiger partial charge in [0, 0.05) is 11.1 Å². The summed E-state index contributed by atoms with van der Waals surface area (Å²) in [5.74, 6) is 0.589. The van der Waals surface area contributed by atoms with Gasteiger partial charge in [-0.2, -0.15) is 0 Å². The van der Waals surface area contributed by atoms with Crippen molar-refractivity contribution in [3.05, 3.63) is 128 Å². The molecular weight excluding hydrogens is 476 g/mol. The Morgan fingerprint density at radius 2 is 0.947 bits per heavy atom. The van der Waals surface area contributed by atoms with E-state index in [1.165, 1.54) is 0 Å². The fraction of sp³-hybridized carbons (Fsp3) is 0.0625. The molecule has 0 N–H and O–H groups in total. The van der Waals surface area contributed by atoms with Crippen LogP contribution in [0.5, 0.6) is 0 Å². The second-order valence-corrected chi connectivity index (χ2v) is 9.23. The zero-order valence-electron chi connectivity index (χ0n) is 20.8. The lowest BCUT2D eigenvalue weighted by Gasteiger charge is -2.04. The number of hydrogen-bond donors (Lipinski definition) is 0. The molecule has 0 amide bonds. The number of aryl methyl sites for hydroxylation is 2. The van der Waals surface area contributed by atoms with Gasteiger partial charge in [0.15, 0.2) is 0 Å². The summed E-state index contributed by atoms with van der Waals surface area (Å²) >= 11 is 0. The zero-order chi connectivity index (χ0) is 26.2. The summed E-state index contributed by atoms with van der Waals surface area (Å²) in [6.45, 7) is 3.92. The summed E-state index contributed by atoms with van der Waals surface area (Å²) in [5, 5.41) is 0.942. The quantitative estimate of drug-likeness (QED) is 0.248. The normalized spacial score (nSPS) is 11.5. The Kier molecular flexibility index (Phi) is 5.77. The van der Waals surface area contributed by atoms with Crippen molar-refractivity contribution in [2.45, 2.75) is 13.8 Å². The van der Waals surface area contributed by atoms with Crippen molar-refractivity contribution < 1.29 is 8.83 Å². The van der Waals surface area contributed by atoms with Crippen LogP contribution in [0.25, 0.3) is 56.9 Å². The third-order valence-electron chi connectivity index (χ3n) is 6.35. The molecule has 0 bridgehead atoms. The van der Waals surface area contributed by atoms with Gasteiger partial charge in [0.05, 0.1) is 21.8 Å². The van der Waals surface area contributed by atoms with Gasteiger partial charge in [-0.05, 0) is 84.6 Å². The van der Waals surface area contributed by atoms with Crippen molar-refractivity contribution in [1.29, 1.82) is 0 Å². The van der Waals surface area contributed by atoms with E-state index in [1.807, 2.05) is 98.8 Å². The smallest absolute Gasteiger partial charge is 0.347 e. The van der Waals surface area contributed by atoms with Gasteiger partial charge >= 0.3 is 11.3 Å². The maximum atomic E-state index is 12.4. The van der Waals surface area contributed by atoms with Crippen LogP contribution in [-0.2, 0) is 0 Å². The standard InChI is InChI=1S/C32H22N2O4/c1-19-3-15-25-27(17-19)33-29(37-31(25)35)23-11-7-21(8-12-23)5-6-22-9-13-24(14-10-22)30-34-28-18-20(2)4-16-26(28)32(36)38-30/h3-18H,1-2H3/b6-5+. The van der Waals surface area contributed by atoms with Crippen molar-refractivity contribution in [2.24, 2.45) is 0 Å². The average Bonchev–Trinajstić information content (AvgIpc) is 2.92. The van der Waals surface area contributed by atoms with E-state index in [1.54, 1.807) is 12.1 Å². The molecule has 6 nitrogen and oxygen atoms in total. The summed E-state index contributed by atoms with van der Waals surface area (Å²) < 4.78 is 10.9. The third kappa shape index (κ3) is 4.55. The molecule has 0 radical (unpaired) electrons. The fourth-order valence-electron chi connectivity index (χ4n) is 4.28. The van der Waals surface area contributed by atoms with Crippen LogP contribution in [0.2, 0.25) is 0 Å². The largest absolute Gasteiger partial charge is 0.403 e. The molecule has 38 heavy (non-hydrogen) atoms. The Labute approximate surface area is 217 Å². The second-order valence-electron chi connectivity index (χ2n) is 9.23. The highest BCUT2D eigenvalue weighted by Gasteiger charge is 2.10. The molecule has 6 heteroatoms. The highest BCUT2D eigenvalue weighted by atomic mass is 16.4. The molecule has 0 fully saturated rings. The molecule has 0 spiro atoms. The maximum Gasteiger partial charge on any atom is 0.347 e. The lowest BCUT2D eigenvalue weighted by molar-refractivity contribution is 0.518. The minimum Gasteiger partial charge on any atom is -0.403 e. The number of hydrogen-bond acceptors (Lipinski definition) is 6. The first-order chi connectivity index (χ1) is 18.4. The molecular formula is C32H22N2O4. The van der Waals surface area contributed by atoms with E-state index in [0.717, 1.165) is 33.4 Å². The summed E-state index contributed by atoms with van der Waals surface area (Å²) in [5.41, 5.74) is 5.93. The van der Waals surface area contributed by atoms with E-state index in [9.17, 15) is 9.59 Å². The molecule has 0 aliphatic heterocycles. The van der Waals surface area contributed by atoms with Crippen molar-refractivity contribution in [1.82, 2.24) is 9.97 Å². The van der Waals surface area contributed by atoms with Crippen molar-refractivity contribution in [3.63, 3.8) is 0 Å². The second kappa shape index (κ2) is 9.41. The van der Waals surface area contributed by atoms with Gasteiger partial charge < -0.3 is 8.83 Å². The molecule has 0 aliphatic carbocycles. The SMILES string of the molecule is Cc1ccc2c(=O)oc(-c3ccc(/C=C/c4ccc(-c5nc6cc(C)ccc6c(=O)o5)cc4)cc3)nc2c1. The fourth-order valence-corrected chi connectivity index (χ4v) is 4.28. The Morgan fingerprint density at radius 3 is 1.34 bits per heavy atom. The minimum atomic E-state index is -0.398. The molecule has 2 aromatic heterocycles. The number of rotatable bonds is 4. The molecule has 2 heterocycles. The van der Waals surface area contributed by atoms with Gasteiger partial charge in [-0.1, -0.05) is 48.6 Å². The molecule has 0 aliphatic rings.